The molecule has 1 aliphatic heterocycles. The lowest BCUT2D eigenvalue weighted by atomic mass is 9.72. The van der Waals surface area contributed by atoms with Crippen molar-refractivity contribution >= 4 is 17.3 Å². The van der Waals surface area contributed by atoms with E-state index < -0.39 is 0 Å². The van der Waals surface area contributed by atoms with Gasteiger partial charge in [0, 0.05) is 17.6 Å². The van der Waals surface area contributed by atoms with Gasteiger partial charge in [0.2, 0.25) is 0 Å². The highest BCUT2D eigenvalue weighted by atomic mass is 16.5. The Labute approximate surface area is 177 Å². The van der Waals surface area contributed by atoms with Gasteiger partial charge in [-0.2, -0.15) is 0 Å². The number of ether oxygens (including phenoxy) is 1. The van der Waals surface area contributed by atoms with E-state index in [0.717, 1.165) is 29.1 Å². The predicted octanol–water partition coefficient (Wildman–Crippen LogP) is 5.22. The minimum Gasteiger partial charge on any atom is -0.465 e. The molecule has 3 aromatic rings. The van der Waals surface area contributed by atoms with Crippen LogP contribution in [0.15, 0.2) is 66.9 Å². The summed E-state index contributed by atoms with van der Waals surface area (Å²) in [6.45, 7) is 5.19. The van der Waals surface area contributed by atoms with Crippen LogP contribution in [0.3, 0.4) is 0 Å². The number of hydrogen-bond donors (Lipinski definition) is 2. The quantitative estimate of drug-likeness (QED) is 0.574. The third-order valence-corrected chi connectivity index (χ3v) is 5.71. The van der Waals surface area contributed by atoms with Crippen LogP contribution in [0.1, 0.15) is 47.1 Å². The lowest BCUT2D eigenvalue weighted by Crippen LogP contribution is -2.35. The van der Waals surface area contributed by atoms with Gasteiger partial charge in [0.1, 0.15) is 0 Å². The van der Waals surface area contributed by atoms with E-state index in [4.69, 9.17) is 4.74 Å². The third kappa shape index (κ3) is 4.01. The van der Waals surface area contributed by atoms with E-state index in [1.807, 2.05) is 42.6 Å². The van der Waals surface area contributed by atoms with Crippen LogP contribution in [0, 0.1) is 5.41 Å². The highest BCUT2D eigenvalue weighted by Gasteiger charge is 2.37. The minimum atomic E-state index is -0.304. The maximum absolute atomic E-state index is 11.9. The fourth-order valence-electron chi connectivity index (χ4n) is 4.17. The number of nitrogens with zero attached hydrogens (tertiary/aromatic N) is 1. The summed E-state index contributed by atoms with van der Waals surface area (Å²) in [4.78, 5) is 16.3. The molecular weight excluding hydrogens is 374 g/mol. The zero-order valence-corrected chi connectivity index (χ0v) is 17.6. The molecule has 0 fully saturated rings. The van der Waals surface area contributed by atoms with E-state index in [1.165, 1.54) is 12.7 Å². The van der Waals surface area contributed by atoms with Crippen LogP contribution >= 0.6 is 0 Å². The first-order valence-electron chi connectivity index (χ1n) is 10.2. The first-order valence-corrected chi connectivity index (χ1v) is 10.2. The Hall–Kier alpha value is -3.34. The Kier molecular flexibility index (Phi) is 5.44. The van der Waals surface area contributed by atoms with Crippen molar-refractivity contribution in [2.24, 2.45) is 5.41 Å². The number of pyridine rings is 1. The third-order valence-electron chi connectivity index (χ3n) is 5.71. The minimum absolute atomic E-state index is 0.0511. The Balaban J connectivity index is 1.62. The molecule has 0 amide bonds. The van der Waals surface area contributed by atoms with Crippen LogP contribution in [0.2, 0.25) is 0 Å². The van der Waals surface area contributed by atoms with Gasteiger partial charge in [0.15, 0.2) is 0 Å². The average Bonchev–Trinajstić information content (AvgIpc) is 2.76. The molecule has 154 valence electrons. The Morgan fingerprint density at radius 1 is 1.17 bits per heavy atom. The monoisotopic (exact) mass is 401 g/mol. The molecule has 2 aromatic carbocycles. The Morgan fingerprint density at radius 2 is 1.97 bits per heavy atom. The molecule has 0 saturated carbocycles. The number of aromatic nitrogens is 1. The van der Waals surface area contributed by atoms with Crippen molar-refractivity contribution in [2.45, 2.75) is 32.9 Å². The van der Waals surface area contributed by atoms with Crippen molar-refractivity contribution in [1.29, 1.82) is 0 Å². The second-order valence-corrected chi connectivity index (χ2v) is 8.37. The summed E-state index contributed by atoms with van der Waals surface area (Å²) in [6.07, 6.45) is 2.67. The van der Waals surface area contributed by atoms with Crippen molar-refractivity contribution in [3.63, 3.8) is 0 Å². The molecule has 1 unspecified atom stereocenters. The maximum atomic E-state index is 11.9. The standard InChI is InChI=1S/C25H27N3O2/c1-25(2)15-18-14-17(24(29)30-3)11-12-21(18)28-23(25)20-9-4-5-10-22(20)27-16-19-8-6-7-13-26-19/h4-14,23,27-28H,15-16H2,1-3H3. The molecule has 0 saturated heterocycles. The van der Waals surface area contributed by atoms with Crippen LogP contribution in [-0.2, 0) is 17.7 Å². The topological polar surface area (TPSA) is 63.2 Å². The van der Waals surface area contributed by atoms with Gasteiger partial charge < -0.3 is 15.4 Å². The van der Waals surface area contributed by atoms with Gasteiger partial charge in [-0.3, -0.25) is 4.98 Å². The van der Waals surface area contributed by atoms with Crippen molar-refractivity contribution in [3.05, 3.63) is 89.2 Å². The number of carbonyl (C=O) groups excluding carboxylic acids is 1. The predicted molar refractivity (Wildman–Crippen MR) is 120 cm³/mol. The highest BCUT2D eigenvalue weighted by molar-refractivity contribution is 5.90. The molecule has 0 aliphatic carbocycles. The lowest BCUT2D eigenvalue weighted by Gasteiger charge is -2.42. The first-order chi connectivity index (χ1) is 14.5. The van der Waals surface area contributed by atoms with E-state index >= 15 is 0 Å². The van der Waals surface area contributed by atoms with Gasteiger partial charge in [-0.05, 0) is 59.4 Å². The number of rotatable bonds is 5. The maximum Gasteiger partial charge on any atom is 0.337 e. The molecule has 0 spiro atoms. The fraction of sp³-hybridized carbons (Fsp3) is 0.280. The molecule has 2 heterocycles. The van der Waals surface area contributed by atoms with E-state index in [-0.39, 0.29) is 17.4 Å². The zero-order valence-electron chi connectivity index (χ0n) is 17.6. The summed E-state index contributed by atoms with van der Waals surface area (Å²) in [5, 5.41) is 7.28. The number of methoxy groups -OCH3 is 1. The summed E-state index contributed by atoms with van der Waals surface area (Å²) in [5.74, 6) is -0.304. The summed E-state index contributed by atoms with van der Waals surface area (Å²) < 4.78 is 4.88. The Bertz CT molecular complexity index is 1050. The van der Waals surface area contributed by atoms with E-state index in [0.29, 0.717) is 12.1 Å². The smallest absolute Gasteiger partial charge is 0.337 e. The van der Waals surface area contributed by atoms with Gasteiger partial charge in [0.25, 0.3) is 0 Å². The number of para-hydroxylation sites is 1. The lowest BCUT2D eigenvalue weighted by molar-refractivity contribution is 0.0600. The number of nitrogens with one attached hydrogen (secondary N) is 2. The van der Waals surface area contributed by atoms with Crippen LogP contribution in [0.25, 0.3) is 0 Å². The second kappa shape index (κ2) is 8.19. The van der Waals surface area contributed by atoms with Crippen LogP contribution < -0.4 is 10.6 Å². The number of anilines is 2. The molecule has 30 heavy (non-hydrogen) atoms. The van der Waals surface area contributed by atoms with Crippen LogP contribution in [0.5, 0.6) is 0 Å². The van der Waals surface area contributed by atoms with Crippen molar-refractivity contribution in [1.82, 2.24) is 4.98 Å². The van der Waals surface area contributed by atoms with E-state index in [1.54, 1.807) is 0 Å². The molecule has 1 aliphatic rings. The molecule has 2 N–H and O–H groups in total. The van der Waals surface area contributed by atoms with Gasteiger partial charge in [-0.15, -0.1) is 0 Å². The average molecular weight is 402 g/mol. The molecule has 5 nitrogen and oxygen atoms in total. The number of benzene rings is 2. The molecule has 0 bridgehead atoms. The summed E-state index contributed by atoms with van der Waals surface area (Å²) >= 11 is 0. The second-order valence-electron chi connectivity index (χ2n) is 8.37. The molecule has 4 rings (SSSR count). The van der Waals surface area contributed by atoms with Crippen molar-refractivity contribution < 1.29 is 9.53 Å². The first kappa shape index (κ1) is 20.0. The van der Waals surface area contributed by atoms with Gasteiger partial charge in [-0.1, -0.05) is 38.1 Å². The summed E-state index contributed by atoms with van der Waals surface area (Å²) in [6, 6.07) is 20.2. The molecular formula is C25H27N3O2. The molecule has 1 atom stereocenters. The summed E-state index contributed by atoms with van der Waals surface area (Å²) in [5.41, 5.74) is 6.06. The van der Waals surface area contributed by atoms with Crippen molar-refractivity contribution in [2.75, 3.05) is 17.7 Å². The van der Waals surface area contributed by atoms with Crippen molar-refractivity contribution in [3.8, 4) is 0 Å². The molecule has 5 heteroatoms. The summed E-state index contributed by atoms with van der Waals surface area (Å²) in [7, 11) is 1.41. The van der Waals surface area contributed by atoms with Gasteiger partial charge >= 0.3 is 5.97 Å². The number of fused-ring (bicyclic) bond motifs is 1. The molecule has 1 aromatic heterocycles. The van der Waals surface area contributed by atoms with E-state index in [2.05, 4.69) is 53.7 Å². The van der Waals surface area contributed by atoms with E-state index in [9.17, 15) is 4.79 Å². The highest BCUT2D eigenvalue weighted by Crippen LogP contribution is 2.46. The zero-order chi connectivity index (χ0) is 21.1. The molecule has 0 radical (unpaired) electrons. The number of carbonyl (C=O) groups is 1. The number of esters is 1. The SMILES string of the molecule is COC(=O)c1ccc2c(c1)CC(C)(C)C(c1ccccc1NCc1ccccn1)N2. The van der Waals surface area contributed by atoms with Crippen LogP contribution in [0.4, 0.5) is 11.4 Å². The van der Waals surface area contributed by atoms with Gasteiger partial charge in [0.05, 0.1) is 31.0 Å². The Morgan fingerprint density at radius 3 is 2.73 bits per heavy atom. The largest absolute Gasteiger partial charge is 0.465 e. The fourth-order valence-corrected chi connectivity index (χ4v) is 4.17. The van der Waals surface area contributed by atoms with Gasteiger partial charge in [-0.25, -0.2) is 4.79 Å². The van der Waals surface area contributed by atoms with Crippen LogP contribution in [-0.4, -0.2) is 18.1 Å². The normalized spacial score (nSPS) is 16.8. The number of hydrogen-bond acceptors (Lipinski definition) is 5.